The van der Waals surface area contributed by atoms with Crippen LogP contribution in [0, 0.1) is 35.0 Å². The molecule has 2 N–H and O–H groups in total. The molecule has 0 spiro atoms. The van der Waals surface area contributed by atoms with Crippen LogP contribution in [0.3, 0.4) is 0 Å². The van der Waals surface area contributed by atoms with Crippen molar-refractivity contribution < 1.29 is 14.6 Å². The average molecular weight is 639 g/mol. The summed E-state index contributed by atoms with van der Waals surface area (Å²) < 4.78 is 7.48. The quantitative estimate of drug-likeness (QED) is 0.237. The zero-order valence-corrected chi connectivity index (χ0v) is 30.5. The number of fused-ring (bicyclic) bond motifs is 1. The third-order valence-corrected chi connectivity index (χ3v) is 16.5. The Morgan fingerprint density at radius 1 is 0.957 bits per heavy atom. The van der Waals surface area contributed by atoms with Crippen molar-refractivity contribution in [3.05, 3.63) is 84.0 Å². The molecule has 2 aromatic carbocycles. The number of allylic oxidation sites excluding steroid dienone is 3. The zero-order valence-electron chi connectivity index (χ0n) is 29.5. The summed E-state index contributed by atoms with van der Waals surface area (Å²) >= 11 is 0. The van der Waals surface area contributed by atoms with Crippen LogP contribution in [0.1, 0.15) is 106 Å². The molecular weight excluding hydrogens is 581 g/mol. The lowest BCUT2D eigenvalue weighted by atomic mass is 9.61. The molecule has 3 fully saturated rings. The fraction of sp³-hybridized carbons (Fsp3) is 0.571. The van der Waals surface area contributed by atoms with Crippen LogP contribution in [-0.4, -0.2) is 36.3 Å². The van der Waals surface area contributed by atoms with Crippen LogP contribution in [0.5, 0.6) is 0 Å². The molecule has 5 rings (SSSR count). The summed E-state index contributed by atoms with van der Waals surface area (Å²) in [6.45, 7) is 15.4. The first-order valence-electron chi connectivity index (χ1n) is 17.8. The van der Waals surface area contributed by atoms with E-state index in [1.165, 1.54) is 48.1 Å². The van der Waals surface area contributed by atoms with Crippen molar-refractivity contribution in [3.8, 4) is 11.8 Å². The highest BCUT2D eigenvalue weighted by molar-refractivity contribution is 6.99. The van der Waals surface area contributed by atoms with Gasteiger partial charge in [-0.3, -0.25) is 0 Å². The first kappa shape index (κ1) is 34.9. The zero-order chi connectivity index (χ0) is 33.2. The molecule has 3 nitrogen and oxygen atoms in total. The number of hydrogen-bond acceptors (Lipinski definition) is 3. The van der Waals surface area contributed by atoms with Crippen molar-refractivity contribution in [1.29, 1.82) is 0 Å². The lowest BCUT2D eigenvalue weighted by molar-refractivity contribution is 0.0689. The Kier molecular flexibility index (Phi) is 10.6. The fourth-order valence-electron chi connectivity index (χ4n) is 9.33. The van der Waals surface area contributed by atoms with Gasteiger partial charge in [0.1, 0.15) is 5.60 Å². The van der Waals surface area contributed by atoms with Crippen LogP contribution in [-0.2, 0) is 4.43 Å². The molecule has 0 bridgehead atoms. The predicted octanol–water partition coefficient (Wildman–Crippen LogP) is 8.35. The molecule has 3 aliphatic rings. The van der Waals surface area contributed by atoms with Gasteiger partial charge in [0.15, 0.2) is 0 Å². The first-order chi connectivity index (χ1) is 21.7. The van der Waals surface area contributed by atoms with Gasteiger partial charge in [0.2, 0.25) is 0 Å². The molecule has 3 aliphatic carbocycles. The van der Waals surface area contributed by atoms with E-state index in [9.17, 15) is 10.2 Å². The van der Waals surface area contributed by atoms with Crippen molar-refractivity contribution in [2.24, 2.45) is 23.2 Å². The molecule has 3 saturated carbocycles. The van der Waals surface area contributed by atoms with Crippen LogP contribution >= 0.6 is 0 Å². The summed E-state index contributed by atoms with van der Waals surface area (Å²) in [5.74, 6) is 8.12. The molecule has 2 aromatic rings. The van der Waals surface area contributed by atoms with Gasteiger partial charge in [-0.15, -0.1) is 5.92 Å². The number of aliphatic hydroxyl groups excluding tert-OH is 1. The molecule has 0 saturated heterocycles. The average Bonchev–Trinajstić information content (AvgIpc) is 3.36. The minimum Gasteiger partial charge on any atom is -0.404 e. The van der Waals surface area contributed by atoms with E-state index in [1.54, 1.807) is 19.4 Å². The van der Waals surface area contributed by atoms with Gasteiger partial charge in [0, 0.05) is 6.42 Å². The number of hydrogen-bond donors (Lipinski definition) is 2. The maximum Gasteiger partial charge on any atom is 0.261 e. The van der Waals surface area contributed by atoms with Crippen molar-refractivity contribution in [3.63, 3.8) is 0 Å². The van der Waals surface area contributed by atoms with E-state index in [2.05, 4.69) is 119 Å². The maximum absolute atomic E-state index is 11.2. The third kappa shape index (κ3) is 7.49. The lowest BCUT2D eigenvalue weighted by Gasteiger charge is -2.46. The molecule has 4 heteroatoms. The topological polar surface area (TPSA) is 49.7 Å². The van der Waals surface area contributed by atoms with Gasteiger partial charge in [-0.1, -0.05) is 125 Å². The van der Waals surface area contributed by atoms with Gasteiger partial charge >= 0.3 is 0 Å². The summed E-state index contributed by atoms with van der Waals surface area (Å²) in [5.41, 5.74) is 2.29. The van der Waals surface area contributed by atoms with Crippen LogP contribution in [0.25, 0.3) is 0 Å². The smallest absolute Gasteiger partial charge is 0.261 e. The lowest BCUT2D eigenvalue weighted by Crippen LogP contribution is -2.68. The van der Waals surface area contributed by atoms with Crippen molar-refractivity contribution in [2.75, 3.05) is 0 Å². The predicted molar refractivity (Wildman–Crippen MR) is 195 cm³/mol. The van der Waals surface area contributed by atoms with Gasteiger partial charge in [0.05, 0.1) is 12.2 Å². The summed E-state index contributed by atoms with van der Waals surface area (Å²) in [6.07, 6.45) is 13.7. The number of aliphatic hydroxyl groups is 2. The summed E-state index contributed by atoms with van der Waals surface area (Å²) in [5, 5.41) is 23.7. The second-order valence-corrected chi connectivity index (χ2v) is 20.7. The fourth-order valence-corrected chi connectivity index (χ4v) is 14.0. The van der Waals surface area contributed by atoms with Gasteiger partial charge in [-0.25, -0.2) is 0 Å². The van der Waals surface area contributed by atoms with E-state index in [4.69, 9.17) is 4.43 Å². The van der Waals surface area contributed by atoms with Crippen molar-refractivity contribution in [2.45, 2.75) is 129 Å². The molecular formula is C42H58O3Si. The number of benzene rings is 2. The monoisotopic (exact) mass is 638 g/mol. The second-order valence-electron chi connectivity index (χ2n) is 16.4. The summed E-state index contributed by atoms with van der Waals surface area (Å²) in [4.78, 5) is 0. The molecule has 0 unspecified atom stereocenters. The number of rotatable bonds is 7. The van der Waals surface area contributed by atoms with E-state index in [1.807, 2.05) is 0 Å². The minimum atomic E-state index is -2.69. The summed E-state index contributed by atoms with van der Waals surface area (Å²) in [6, 6.07) is 21.7. The van der Waals surface area contributed by atoms with Gasteiger partial charge < -0.3 is 14.6 Å². The highest BCUT2D eigenvalue weighted by atomic mass is 28.4. The highest BCUT2D eigenvalue weighted by Gasteiger charge is 2.52. The van der Waals surface area contributed by atoms with Crippen LogP contribution in [0.4, 0.5) is 0 Å². The highest BCUT2D eigenvalue weighted by Crippen LogP contribution is 2.59. The minimum absolute atomic E-state index is 0.0296. The van der Waals surface area contributed by atoms with E-state index in [0.717, 1.165) is 19.3 Å². The van der Waals surface area contributed by atoms with Gasteiger partial charge in [-0.2, -0.15) is 0 Å². The molecule has 0 radical (unpaired) electrons. The molecule has 46 heavy (non-hydrogen) atoms. The first-order valence-corrected chi connectivity index (χ1v) is 19.7. The van der Waals surface area contributed by atoms with E-state index in [0.29, 0.717) is 29.6 Å². The summed E-state index contributed by atoms with van der Waals surface area (Å²) in [7, 11) is -2.69. The molecule has 248 valence electrons. The van der Waals surface area contributed by atoms with Gasteiger partial charge in [0.25, 0.3) is 8.32 Å². The molecule has 0 amide bonds. The maximum atomic E-state index is 11.2. The molecule has 6 atom stereocenters. The second kappa shape index (κ2) is 14.0. The standard InChI is InChI=1S/C42H58O3Si/c1-31(16-14-26-41(5,6)44)38-24-25-39-33(17-15-27-42(38,39)7)23-22-32-28-34(43)30-35(29-32)45-46(40(2,3)4,36-18-10-8-11-19-36)37-20-12-9-13-21-37/h8-13,18-23,31,34-35,38-39,43-44H,15-17,24-25,27-30H2,1-7H3/b32-22-,33-23+/t31-,34+,35-,38-,39-,42-/m1/s1. The van der Waals surface area contributed by atoms with Crippen molar-refractivity contribution in [1.82, 2.24) is 0 Å². The molecule has 0 aromatic heterocycles. The van der Waals surface area contributed by atoms with E-state index < -0.39 is 13.9 Å². The molecule has 0 aliphatic heterocycles. The normalized spacial score (nSPS) is 29.7. The van der Waals surface area contributed by atoms with Gasteiger partial charge in [-0.05, 0) is 104 Å². The Morgan fingerprint density at radius 3 is 2.17 bits per heavy atom. The largest absolute Gasteiger partial charge is 0.404 e. The Hall–Kier alpha value is -2.42. The Labute approximate surface area is 280 Å². The van der Waals surface area contributed by atoms with Crippen LogP contribution in [0.2, 0.25) is 5.04 Å². The Morgan fingerprint density at radius 2 is 1.59 bits per heavy atom. The SMILES string of the molecule is C[C@H](CC#CC(C)(C)O)[C@H]1CC[C@@H]2/C(=C/C=C3/C[C@H](O)C[C@H](O[Si](c4ccccc4)(c4ccccc4)C(C)(C)C)C3)CCC[C@@]21C. The van der Waals surface area contributed by atoms with Crippen LogP contribution < -0.4 is 10.4 Å². The third-order valence-electron chi connectivity index (χ3n) is 11.4. The van der Waals surface area contributed by atoms with Crippen LogP contribution in [0.15, 0.2) is 84.0 Å². The molecule has 0 heterocycles. The Bertz CT molecular complexity index is 1400. The van der Waals surface area contributed by atoms with E-state index in [-0.39, 0.29) is 17.2 Å². The Balaban J connectivity index is 1.38. The van der Waals surface area contributed by atoms with E-state index >= 15 is 0 Å². The van der Waals surface area contributed by atoms with Crippen molar-refractivity contribution >= 4 is 18.7 Å².